The number of carbonyl (C=O) groups excluding carboxylic acids is 2. The molecule has 34 heavy (non-hydrogen) atoms. The van der Waals surface area contributed by atoms with Gasteiger partial charge in [0, 0.05) is 69.0 Å². The van der Waals surface area contributed by atoms with Gasteiger partial charge in [0.05, 0.1) is 5.92 Å². The molecule has 0 bridgehead atoms. The largest absolute Gasteiger partial charge is 0.368 e. The molecule has 2 aliphatic rings. The lowest BCUT2D eigenvalue weighted by molar-refractivity contribution is -0.136. The minimum Gasteiger partial charge on any atom is -0.368 e. The Morgan fingerprint density at radius 1 is 0.941 bits per heavy atom. The molecule has 1 amide bonds. The summed E-state index contributed by atoms with van der Waals surface area (Å²) in [5.74, 6) is 1.83. The number of hydrogen-bond acceptors (Lipinski definition) is 7. The van der Waals surface area contributed by atoms with Gasteiger partial charge in [-0.2, -0.15) is 5.10 Å². The molecule has 2 aliphatic heterocycles. The zero-order valence-electron chi connectivity index (χ0n) is 19.4. The first-order valence-electron chi connectivity index (χ1n) is 11.8. The van der Waals surface area contributed by atoms with Crippen LogP contribution in [0.2, 0.25) is 0 Å². The quantitative estimate of drug-likeness (QED) is 0.542. The van der Waals surface area contributed by atoms with Crippen LogP contribution in [0.5, 0.6) is 0 Å². The van der Waals surface area contributed by atoms with Crippen LogP contribution in [0.4, 0.5) is 11.5 Å². The topological polar surface area (TPSA) is 87.5 Å². The first kappa shape index (κ1) is 22.1. The highest BCUT2D eigenvalue weighted by Crippen LogP contribution is 2.25. The molecule has 2 fully saturated rings. The Balaban J connectivity index is 1.19. The van der Waals surface area contributed by atoms with Crippen molar-refractivity contribution in [2.24, 2.45) is 5.92 Å². The molecule has 4 heterocycles. The van der Waals surface area contributed by atoms with Crippen molar-refractivity contribution in [1.82, 2.24) is 24.6 Å². The van der Waals surface area contributed by atoms with Gasteiger partial charge in [0.25, 0.3) is 0 Å². The molecule has 0 aliphatic carbocycles. The van der Waals surface area contributed by atoms with Crippen LogP contribution in [0.15, 0.2) is 55.1 Å². The van der Waals surface area contributed by atoms with E-state index in [-0.39, 0.29) is 17.6 Å². The van der Waals surface area contributed by atoms with Gasteiger partial charge < -0.3 is 14.7 Å². The third kappa shape index (κ3) is 4.64. The number of rotatable bonds is 5. The Bertz CT molecular complexity index is 1140. The summed E-state index contributed by atoms with van der Waals surface area (Å²) in [6.07, 6.45) is 6.99. The fourth-order valence-electron chi connectivity index (χ4n) is 4.78. The minimum absolute atomic E-state index is 0.0294. The van der Waals surface area contributed by atoms with Crippen molar-refractivity contribution < 1.29 is 9.59 Å². The van der Waals surface area contributed by atoms with Crippen molar-refractivity contribution >= 4 is 23.2 Å². The van der Waals surface area contributed by atoms with Crippen LogP contribution in [0, 0.1) is 5.92 Å². The lowest BCUT2D eigenvalue weighted by Gasteiger charge is -2.40. The molecule has 9 heteroatoms. The second kappa shape index (κ2) is 9.62. The predicted molar refractivity (Wildman–Crippen MR) is 129 cm³/mol. The van der Waals surface area contributed by atoms with Gasteiger partial charge >= 0.3 is 0 Å². The van der Waals surface area contributed by atoms with Gasteiger partial charge in [-0.15, -0.1) is 0 Å². The van der Waals surface area contributed by atoms with E-state index in [0.717, 1.165) is 55.4 Å². The maximum atomic E-state index is 13.3. The Morgan fingerprint density at radius 2 is 1.71 bits per heavy atom. The molecule has 176 valence electrons. The second-order valence-electron chi connectivity index (χ2n) is 8.89. The smallest absolute Gasteiger partial charge is 0.227 e. The van der Waals surface area contributed by atoms with E-state index in [9.17, 15) is 9.59 Å². The molecule has 1 atom stereocenters. The normalized spacial score (nSPS) is 18.7. The Kier molecular flexibility index (Phi) is 6.24. The van der Waals surface area contributed by atoms with Crippen LogP contribution in [0.3, 0.4) is 0 Å². The van der Waals surface area contributed by atoms with E-state index in [4.69, 9.17) is 0 Å². The number of piperazine rings is 1. The third-order valence-electron chi connectivity index (χ3n) is 6.70. The summed E-state index contributed by atoms with van der Waals surface area (Å²) in [5.41, 5.74) is 1.82. The summed E-state index contributed by atoms with van der Waals surface area (Å²) in [7, 11) is 0. The van der Waals surface area contributed by atoms with Gasteiger partial charge in [-0.1, -0.05) is 0 Å². The SMILES string of the molecule is CC(=O)c1ccc(N2CCN(C(=O)C3CCCN(c4cc(-n5cccn5)ncn4)C3)CC2)cc1. The Morgan fingerprint density at radius 3 is 2.41 bits per heavy atom. The van der Waals surface area contributed by atoms with Crippen LogP contribution in [-0.4, -0.2) is 75.6 Å². The van der Waals surface area contributed by atoms with E-state index >= 15 is 0 Å². The highest BCUT2D eigenvalue weighted by atomic mass is 16.2. The maximum Gasteiger partial charge on any atom is 0.227 e. The number of hydrogen-bond donors (Lipinski definition) is 0. The van der Waals surface area contributed by atoms with Crippen LogP contribution in [0.1, 0.15) is 30.1 Å². The van der Waals surface area contributed by atoms with E-state index in [2.05, 4.69) is 24.9 Å². The number of ketones is 1. The van der Waals surface area contributed by atoms with Gasteiger partial charge in [-0.3, -0.25) is 9.59 Å². The van der Waals surface area contributed by atoms with Crippen molar-refractivity contribution in [2.75, 3.05) is 49.1 Å². The van der Waals surface area contributed by atoms with E-state index in [1.807, 2.05) is 47.5 Å². The molecule has 5 rings (SSSR count). The molecule has 9 nitrogen and oxygen atoms in total. The van der Waals surface area contributed by atoms with Gasteiger partial charge in [-0.25, -0.2) is 14.6 Å². The van der Waals surface area contributed by atoms with E-state index in [0.29, 0.717) is 19.6 Å². The number of aromatic nitrogens is 4. The fourth-order valence-corrected chi connectivity index (χ4v) is 4.78. The van der Waals surface area contributed by atoms with Gasteiger partial charge in [-0.05, 0) is 50.1 Å². The molecule has 2 aromatic heterocycles. The standard InChI is InChI=1S/C25H29N7O2/c1-19(33)20-5-7-22(8-6-20)29-12-14-30(15-13-29)25(34)21-4-2-10-31(17-21)23-16-24(27-18-26-23)32-11-3-9-28-32/h3,5-9,11,16,18,21H,2,4,10,12-15,17H2,1H3. The summed E-state index contributed by atoms with van der Waals surface area (Å²) in [5, 5.41) is 4.25. The first-order valence-corrected chi connectivity index (χ1v) is 11.8. The second-order valence-corrected chi connectivity index (χ2v) is 8.89. The van der Waals surface area contributed by atoms with Crippen molar-refractivity contribution in [1.29, 1.82) is 0 Å². The van der Waals surface area contributed by atoms with E-state index < -0.39 is 0 Å². The number of anilines is 2. The monoisotopic (exact) mass is 459 g/mol. The predicted octanol–water partition coefficient (Wildman–Crippen LogP) is 2.43. The summed E-state index contributed by atoms with van der Waals surface area (Å²) in [6, 6.07) is 11.5. The number of piperidine rings is 1. The molecular formula is C25H29N7O2. The molecule has 0 radical (unpaired) electrons. The average Bonchev–Trinajstić information content (AvgIpc) is 3.44. The highest BCUT2D eigenvalue weighted by Gasteiger charge is 2.31. The Labute approximate surface area is 199 Å². The first-order chi connectivity index (χ1) is 16.6. The molecule has 2 saturated heterocycles. The van der Waals surface area contributed by atoms with Crippen LogP contribution in [0.25, 0.3) is 5.82 Å². The van der Waals surface area contributed by atoms with Crippen LogP contribution >= 0.6 is 0 Å². The number of carbonyl (C=O) groups is 2. The average molecular weight is 460 g/mol. The van der Waals surface area contributed by atoms with Crippen LogP contribution in [-0.2, 0) is 4.79 Å². The van der Waals surface area contributed by atoms with Gasteiger partial charge in [0.2, 0.25) is 5.91 Å². The van der Waals surface area contributed by atoms with Crippen molar-refractivity contribution in [3.63, 3.8) is 0 Å². The molecule has 0 spiro atoms. The lowest BCUT2D eigenvalue weighted by Crippen LogP contribution is -2.52. The van der Waals surface area contributed by atoms with Crippen LogP contribution < -0.4 is 9.80 Å². The number of benzene rings is 1. The van der Waals surface area contributed by atoms with E-state index in [1.54, 1.807) is 24.1 Å². The summed E-state index contributed by atoms with van der Waals surface area (Å²) in [4.78, 5) is 40.1. The fraction of sp³-hybridized carbons (Fsp3) is 0.400. The number of Topliss-reactive ketones (excluding diaryl/α,β-unsaturated/α-hetero) is 1. The van der Waals surface area contributed by atoms with Gasteiger partial charge in [0.15, 0.2) is 11.6 Å². The number of nitrogens with zero attached hydrogens (tertiary/aromatic N) is 7. The van der Waals surface area contributed by atoms with Crippen molar-refractivity contribution in [3.05, 3.63) is 60.7 Å². The van der Waals surface area contributed by atoms with Gasteiger partial charge in [0.1, 0.15) is 12.1 Å². The molecule has 0 saturated carbocycles. The lowest BCUT2D eigenvalue weighted by atomic mass is 9.96. The molecule has 1 unspecified atom stereocenters. The Hall–Kier alpha value is -3.75. The molecule has 0 N–H and O–H groups in total. The van der Waals surface area contributed by atoms with E-state index in [1.165, 1.54) is 0 Å². The molecule has 1 aromatic carbocycles. The van der Waals surface area contributed by atoms with Crippen molar-refractivity contribution in [3.8, 4) is 5.82 Å². The molecular weight excluding hydrogens is 430 g/mol. The third-order valence-corrected chi connectivity index (χ3v) is 6.70. The minimum atomic E-state index is -0.0294. The summed E-state index contributed by atoms with van der Waals surface area (Å²) in [6.45, 7) is 6.13. The zero-order chi connectivity index (χ0) is 23.5. The number of amides is 1. The van der Waals surface area contributed by atoms with Crippen molar-refractivity contribution in [2.45, 2.75) is 19.8 Å². The molecule has 3 aromatic rings. The summed E-state index contributed by atoms with van der Waals surface area (Å²) >= 11 is 0. The highest BCUT2D eigenvalue weighted by molar-refractivity contribution is 5.94. The zero-order valence-corrected chi connectivity index (χ0v) is 19.4. The maximum absolute atomic E-state index is 13.3. The summed E-state index contributed by atoms with van der Waals surface area (Å²) < 4.78 is 1.71.